The van der Waals surface area contributed by atoms with E-state index >= 15 is 0 Å². The predicted octanol–water partition coefficient (Wildman–Crippen LogP) is 4.39. The lowest BCUT2D eigenvalue weighted by atomic mass is 9.98. The van der Waals surface area contributed by atoms with Gasteiger partial charge in [-0.25, -0.2) is 0 Å². The van der Waals surface area contributed by atoms with Crippen molar-refractivity contribution >= 4 is 0 Å². The van der Waals surface area contributed by atoms with Gasteiger partial charge in [0.1, 0.15) is 0 Å². The average molecular weight is 287 g/mol. The van der Waals surface area contributed by atoms with Crippen LogP contribution in [0.2, 0.25) is 0 Å². The fraction of sp³-hybridized carbons (Fsp3) is 0.684. The van der Waals surface area contributed by atoms with Crippen molar-refractivity contribution in [2.75, 3.05) is 6.54 Å². The summed E-state index contributed by atoms with van der Waals surface area (Å²) in [6.45, 7) is 5.44. The highest BCUT2D eigenvalue weighted by molar-refractivity contribution is 5.24. The normalized spacial score (nSPS) is 25.5. The summed E-state index contributed by atoms with van der Waals surface area (Å²) in [7, 11) is 0. The standard InChI is InChI=1S/C19H29NO/c1-3-16-6-8-17(9-7-16)15(2)20-14-18-10-13-19(21-18)11-4-5-12-19/h6-9,15,18,20H,3-5,10-14H2,1-2H3. The third-order valence-corrected chi connectivity index (χ3v) is 5.39. The van der Waals surface area contributed by atoms with Crippen LogP contribution in [0.15, 0.2) is 24.3 Å². The summed E-state index contributed by atoms with van der Waals surface area (Å²) >= 11 is 0. The van der Waals surface area contributed by atoms with E-state index in [1.807, 2.05) is 0 Å². The third kappa shape index (κ3) is 3.49. The summed E-state index contributed by atoms with van der Waals surface area (Å²) in [5.41, 5.74) is 3.05. The number of aryl methyl sites for hydroxylation is 1. The number of hydrogen-bond acceptors (Lipinski definition) is 2. The monoisotopic (exact) mass is 287 g/mol. The van der Waals surface area contributed by atoms with Gasteiger partial charge in [0, 0.05) is 12.6 Å². The Hall–Kier alpha value is -0.860. The van der Waals surface area contributed by atoms with Crippen LogP contribution in [0.3, 0.4) is 0 Å². The van der Waals surface area contributed by atoms with E-state index in [1.54, 1.807) is 0 Å². The van der Waals surface area contributed by atoms with E-state index in [9.17, 15) is 0 Å². The highest BCUT2D eigenvalue weighted by atomic mass is 16.5. The minimum Gasteiger partial charge on any atom is -0.370 e. The van der Waals surface area contributed by atoms with Crippen LogP contribution in [-0.4, -0.2) is 18.2 Å². The fourth-order valence-electron chi connectivity index (χ4n) is 3.89. The molecule has 0 aromatic heterocycles. The van der Waals surface area contributed by atoms with Crippen LogP contribution in [0.1, 0.15) is 69.5 Å². The van der Waals surface area contributed by atoms with Crippen LogP contribution in [0.25, 0.3) is 0 Å². The molecule has 1 saturated heterocycles. The molecule has 2 nitrogen and oxygen atoms in total. The lowest BCUT2D eigenvalue weighted by Crippen LogP contribution is -2.32. The van der Waals surface area contributed by atoms with Gasteiger partial charge < -0.3 is 10.1 Å². The molecule has 1 N–H and O–H groups in total. The largest absolute Gasteiger partial charge is 0.370 e. The average Bonchev–Trinajstić information content (AvgIpc) is 3.15. The van der Waals surface area contributed by atoms with E-state index in [4.69, 9.17) is 4.74 Å². The molecule has 1 aliphatic heterocycles. The predicted molar refractivity (Wildman–Crippen MR) is 87.5 cm³/mol. The van der Waals surface area contributed by atoms with Gasteiger partial charge >= 0.3 is 0 Å². The summed E-state index contributed by atoms with van der Waals surface area (Å²) in [6.07, 6.45) is 9.34. The van der Waals surface area contributed by atoms with Gasteiger partial charge in [0.15, 0.2) is 0 Å². The SMILES string of the molecule is CCc1ccc(C(C)NCC2CCC3(CCCC3)O2)cc1. The molecule has 21 heavy (non-hydrogen) atoms. The van der Waals surface area contributed by atoms with E-state index in [1.165, 1.54) is 49.7 Å². The van der Waals surface area contributed by atoms with E-state index < -0.39 is 0 Å². The van der Waals surface area contributed by atoms with Gasteiger partial charge in [0.05, 0.1) is 11.7 Å². The van der Waals surface area contributed by atoms with E-state index in [-0.39, 0.29) is 5.60 Å². The zero-order valence-corrected chi connectivity index (χ0v) is 13.5. The van der Waals surface area contributed by atoms with E-state index in [0.717, 1.165) is 13.0 Å². The van der Waals surface area contributed by atoms with Gasteiger partial charge in [-0.05, 0) is 50.2 Å². The number of nitrogens with one attached hydrogen (secondary N) is 1. The van der Waals surface area contributed by atoms with Gasteiger partial charge in [0.25, 0.3) is 0 Å². The summed E-state index contributed by atoms with van der Waals surface area (Å²) in [5.74, 6) is 0. The van der Waals surface area contributed by atoms with Crippen LogP contribution >= 0.6 is 0 Å². The second-order valence-electron chi connectivity index (χ2n) is 6.89. The first-order valence-corrected chi connectivity index (χ1v) is 8.71. The molecule has 1 spiro atoms. The summed E-state index contributed by atoms with van der Waals surface area (Å²) < 4.78 is 6.37. The molecular formula is C19H29NO. The summed E-state index contributed by atoms with van der Waals surface area (Å²) in [6, 6.07) is 9.40. The lowest BCUT2D eigenvalue weighted by Gasteiger charge is -2.24. The van der Waals surface area contributed by atoms with Gasteiger partial charge in [-0.15, -0.1) is 0 Å². The molecule has 2 fully saturated rings. The lowest BCUT2D eigenvalue weighted by molar-refractivity contribution is -0.0357. The van der Waals surface area contributed by atoms with Gasteiger partial charge in [0.2, 0.25) is 0 Å². The quantitative estimate of drug-likeness (QED) is 0.867. The molecule has 0 radical (unpaired) electrons. The first-order chi connectivity index (χ1) is 10.2. The van der Waals surface area contributed by atoms with Crippen LogP contribution in [0.4, 0.5) is 0 Å². The molecule has 1 aliphatic carbocycles. The highest BCUT2D eigenvalue weighted by Gasteiger charge is 2.41. The van der Waals surface area contributed by atoms with Crippen molar-refractivity contribution in [3.8, 4) is 0 Å². The molecule has 116 valence electrons. The Labute approximate surface area is 129 Å². The van der Waals surface area contributed by atoms with Crippen LogP contribution < -0.4 is 5.32 Å². The van der Waals surface area contributed by atoms with Crippen LogP contribution in [-0.2, 0) is 11.2 Å². The minimum atomic E-state index is 0.262. The van der Waals surface area contributed by atoms with Crippen molar-refractivity contribution in [1.29, 1.82) is 0 Å². The molecule has 2 heteroatoms. The van der Waals surface area contributed by atoms with Gasteiger partial charge in [-0.2, -0.15) is 0 Å². The first-order valence-electron chi connectivity index (χ1n) is 8.71. The van der Waals surface area contributed by atoms with Gasteiger partial charge in [-0.3, -0.25) is 0 Å². The zero-order chi connectivity index (χ0) is 14.7. The second-order valence-corrected chi connectivity index (χ2v) is 6.89. The van der Waals surface area contributed by atoms with Crippen molar-refractivity contribution < 1.29 is 4.74 Å². The molecule has 1 aromatic carbocycles. The van der Waals surface area contributed by atoms with Gasteiger partial charge in [-0.1, -0.05) is 44.0 Å². The molecule has 1 saturated carbocycles. The summed E-state index contributed by atoms with van der Waals surface area (Å²) in [4.78, 5) is 0. The molecule has 2 atom stereocenters. The Bertz CT molecular complexity index is 447. The third-order valence-electron chi connectivity index (χ3n) is 5.39. The number of rotatable bonds is 5. The molecule has 1 heterocycles. The van der Waals surface area contributed by atoms with Crippen LogP contribution in [0, 0.1) is 0 Å². The molecule has 0 amide bonds. The Morgan fingerprint density at radius 1 is 1.19 bits per heavy atom. The van der Waals surface area contributed by atoms with E-state index in [2.05, 4.69) is 43.4 Å². The Balaban J connectivity index is 1.48. The van der Waals surface area contributed by atoms with Crippen molar-refractivity contribution in [1.82, 2.24) is 5.32 Å². The minimum absolute atomic E-state index is 0.262. The van der Waals surface area contributed by atoms with Crippen molar-refractivity contribution in [3.05, 3.63) is 35.4 Å². The van der Waals surface area contributed by atoms with Crippen LogP contribution in [0.5, 0.6) is 0 Å². The molecular weight excluding hydrogens is 258 g/mol. The van der Waals surface area contributed by atoms with Crippen molar-refractivity contribution in [2.24, 2.45) is 0 Å². The Morgan fingerprint density at radius 3 is 2.57 bits per heavy atom. The molecule has 2 aliphatic rings. The topological polar surface area (TPSA) is 21.3 Å². The Kier molecular flexibility index (Phi) is 4.66. The maximum Gasteiger partial charge on any atom is 0.0708 e. The molecule has 2 unspecified atom stereocenters. The second kappa shape index (κ2) is 6.50. The number of hydrogen-bond donors (Lipinski definition) is 1. The Morgan fingerprint density at radius 2 is 1.90 bits per heavy atom. The highest BCUT2D eigenvalue weighted by Crippen LogP contribution is 2.43. The maximum absolute atomic E-state index is 6.37. The van der Waals surface area contributed by atoms with E-state index in [0.29, 0.717) is 12.1 Å². The summed E-state index contributed by atoms with van der Waals surface area (Å²) in [5, 5.41) is 3.66. The number of ether oxygens (including phenoxy) is 1. The van der Waals surface area contributed by atoms with Crippen molar-refractivity contribution in [2.45, 2.75) is 76.5 Å². The fourth-order valence-corrected chi connectivity index (χ4v) is 3.89. The zero-order valence-electron chi connectivity index (χ0n) is 13.5. The molecule has 3 rings (SSSR count). The number of benzene rings is 1. The smallest absolute Gasteiger partial charge is 0.0708 e. The maximum atomic E-state index is 6.37. The molecule has 1 aromatic rings. The molecule has 0 bridgehead atoms. The first kappa shape index (κ1) is 15.1. The van der Waals surface area contributed by atoms with Crippen molar-refractivity contribution in [3.63, 3.8) is 0 Å².